The molecule has 0 aliphatic carbocycles. The Balaban J connectivity index is 2.49. The molecule has 1 aromatic heterocycles. The van der Waals surface area contributed by atoms with Gasteiger partial charge >= 0.3 is 0 Å². The van der Waals surface area contributed by atoms with Gasteiger partial charge < -0.3 is 4.52 Å². The molecule has 0 unspecified atom stereocenters. The molecule has 13 heavy (non-hydrogen) atoms. The number of hydrogen-bond donors (Lipinski definition) is 0. The minimum absolute atomic E-state index is 0.235. The lowest BCUT2D eigenvalue weighted by molar-refractivity contribution is 0.418. The summed E-state index contributed by atoms with van der Waals surface area (Å²) in [6.45, 7) is 0. The van der Waals surface area contributed by atoms with Gasteiger partial charge in [0, 0.05) is 5.56 Å². The number of benzene rings is 1. The van der Waals surface area contributed by atoms with Gasteiger partial charge in [0.15, 0.2) is 11.6 Å². The quantitative estimate of drug-likeness (QED) is 0.677. The highest BCUT2D eigenvalue weighted by atomic mass is 19.2. The van der Waals surface area contributed by atoms with Crippen molar-refractivity contribution in [2.45, 2.75) is 0 Å². The summed E-state index contributed by atoms with van der Waals surface area (Å²) in [5.74, 6) is -1.59. The smallest absolute Gasteiger partial charge is 0.214 e. The van der Waals surface area contributed by atoms with Crippen molar-refractivity contribution >= 4 is 0 Å². The second-order valence-electron chi connectivity index (χ2n) is 2.38. The average Bonchev–Trinajstić information content (AvgIpc) is 2.62. The van der Waals surface area contributed by atoms with Crippen LogP contribution in [0.25, 0.3) is 11.4 Å². The number of halogens is 2. The Labute approximate surface area is 72.0 Å². The second-order valence-corrected chi connectivity index (χ2v) is 2.38. The summed E-state index contributed by atoms with van der Waals surface area (Å²) in [5, 5.41) is 3.48. The van der Waals surface area contributed by atoms with E-state index in [0.29, 0.717) is 5.56 Å². The molecule has 1 heterocycles. The third-order valence-corrected chi connectivity index (χ3v) is 1.54. The number of hydrogen-bond acceptors (Lipinski definition) is 3. The SMILES string of the molecule is Fc1ccc(-c2ncon2)cc1F. The van der Waals surface area contributed by atoms with Crippen LogP contribution in [0.15, 0.2) is 29.1 Å². The lowest BCUT2D eigenvalue weighted by Gasteiger charge is -1.94. The van der Waals surface area contributed by atoms with Crippen molar-refractivity contribution in [3.05, 3.63) is 36.2 Å². The van der Waals surface area contributed by atoms with Gasteiger partial charge in [0.1, 0.15) is 0 Å². The molecule has 2 aromatic rings. The maximum absolute atomic E-state index is 12.7. The van der Waals surface area contributed by atoms with Gasteiger partial charge in [-0.1, -0.05) is 5.16 Å². The van der Waals surface area contributed by atoms with E-state index in [1.54, 1.807) is 0 Å². The predicted octanol–water partition coefficient (Wildman–Crippen LogP) is 2.01. The van der Waals surface area contributed by atoms with Gasteiger partial charge in [-0.15, -0.1) is 0 Å². The van der Waals surface area contributed by atoms with E-state index < -0.39 is 11.6 Å². The highest BCUT2D eigenvalue weighted by molar-refractivity contribution is 5.53. The van der Waals surface area contributed by atoms with Crippen LogP contribution in [0.4, 0.5) is 8.78 Å². The van der Waals surface area contributed by atoms with E-state index in [0.717, 1.165) is 18.5 Å². The first-order valence-corrected chi connectivity index (χ1v) is 3.49. The number of aromatic nitrogens is 2. The molecule has 0 saturated heterocycles. The summed E-state index contributed by atoms with van der Waals surface area (Å²) in [4.78, 5) is 3.69. The lowest BCUT2D eigenvalue weighted by Crippen LogP contribution is -1.86. The molecule has 0 fully saturated rings. The normalized spacial score (nSPS) is 10.3. The van der Waals surface area contributed by atoms with Crippen molar-refractivity contribution in [2.75, 3.05) is 0 Å². The van der Waals surface area contributed by atoms with E-state index in [9.17, 15) is 8.78 Å². The average molecular weight is 182 g/mol. The zero-order valence-corrected chi connectivity index (χ0v) is 6.37. The summed E-state index contributed by atoms with van der Waals surface area (Å²) in [7, 11) is 0. The number of nitrogens with zero attached hydrogens (tertiary/aromatic N) is 2. The fraction of sp³-hybridized carbons (Fsp3) is 0. The molecule has 0 bridgehead atoms. The molecule has 0 atom stereocenters. The van der Waals surface area contributed by atoms with Gasteiger partial charge in [0.05, 0.1) is 0 Å². The first-order valence-electron chi connectivity index (χ1n) is 3.49. The molecule has 66 valence electrons. The molecule has 2 rings (SSSR count). The summed E-state index contributed by atoms with van der Waals surface area (Å²) in [6.07, 6.45) is 1.12. The van der Waals surface area contributed by atoms with Crippen molar-refractivity contribution in [3.63, 3.8) is 0 Å². The molecular formula is C8H4F2N2O. The Kier molecular flexibility index (Phi) is 1.77. The standard InChI is InChI=1S/C8H4F2N2O/c9-6-2-1-5(3-7(6)10)8-11-4-13-12-8/h1-4H. The van der Waals surface area contributed by atoms with Crippen LogP contribution in [0.2, 0.25) is 0 Å². The third kappa shape index (κ3) is 1.40. The van der Waals surface area contributed by atoms with E-state index in [4.69, 9.17) is 0 Å². The van der Waals surface area contributed by atoms with Crippen LogP contribution in [-0.4, -0.2) is 10.1 Å². The van der Waals surface area contributed by atoms with Crippen LogP contribution < -0.4 is 0 Å². The molecule has 3 nitrogen and oxygen atoms in total. The zero-order chi connectivity index (χ0) is 9.26. The largest absolute Gasteiger partial charge is 0.342 e. The zero-order valence-electron chi connectivity index (χ0n) is 6.37. The van der Waals surface area contributed by atoms with E-state index in [1.165, 1.54) is 6.07 Å². The Bertz CT molecular complexity index is 414. The fourth-order valence-corrected chi connectivity index (χ4v) is 0.933. The number of rotatable bonds is 1. The van der Waals surface area contributed by atoms with Gasteiger partial charge in [-0.25, -0.2) is 8.78 Å². The molecule has 0 radical (unpaired) electrons. The van der Waals surface area contributed by atoms with Crippen molar-refractivity contribution in [1.29, 1.82) is 0 Å². The van der Waals surface area contributed by atoms with Crippen LogP contribution in [0.1, 0.15) is 0 Å². The molecular weight excluding hydrogens is 178 g/mol. The highest BCUT2D eigenvalue weighted by Gasteiger charge is 2.06. The monoisotopic (exact) mass is 182 g/mol. The van der Waals surface area contributed by atoms with Crippen molar-refractivity contribution in [3.8, 4) is 11.4 Å². The van der Waals surface area contributed by atoms with Gasteiger partial charge in [0.25, 0.3) is 0 Å². The first-order chi connectivity index (χ1) is 6.27. The summed E-state index contributed by atoms with van der Waals surface area (Å²) in [5.41, 5.74) is 0.382. The second kappa shape index (κ2) is 2.93. The summed E-state index contributed by atoms with van der Waals surface area (Å²) >= 11 is 0. The maximum atomic E-state index is 12.7. The molecule has 5 heteroatoms. The maximum Gasteiger partial charge on any atom is 0.214 e. The van der Waals surface area contributed by atoms with Crippen molar-refractivity contribution in [2.24, 2.45) is 0 Å². The van der Waals surface area contributed by atoms with Crippen LogP contribution >= 0.6 is 0 Å². The van der Waals surface area contributed by atoms with E-state index in [1.807, 2.05) is 0 Å². The van der Waals surface area contributed by atoms with Crippen molar-refractivity contribution in [1.82, 2.24) is 10.1 Å². The predicted molar refractivity (Wildman–Crippen MR) is 39.6 cm³/mol. The Hall–Kier alpha value is -1.78. The molecule has 0 amide bonds. The Morgan fingerprint density at radius 3 is 2.62 bits per heavy atom. The van der Waals surface area contributed by atoms with Gasteiger partial charge in [-0.2, -0.15) is 4.98 Å². The molecule has 0 aliphatic rings. The molecule has 1 aromatic carbocycles. The van der Waals surface area contributed by atoms with E-state index >= 15 is 0 Å². The molecule has 0 spiro atoms. The van der Waals surface area contributed by atoms with E-state index in [-0.39, 0.29) is 5.82 Å². The molecule has 0 N–H and O–H groups in total. The van der Waals surface area contributed by atoms with Crippen LogP contribution in [0.5, 0.6) is 0 Å². The summed E-state index contributed by atoms with van der Waals surface area (Å²) < 4.78 is 29.7. The van der Waals surface area contributed by atoms with Crippen LogP contribution in [-0.2, 0) is 0 Å². The minimum atomic E-state index is -0.928. The van der Waals surface area contributed by atoms with E-state index in [2.05, 4.69) is 14.7 Å². The van der Waals surface area contributed by atoms with Crippen LogP contribution in [0.3, 0.4) is 0 Å². The van der Waals surface area contributed by atoms with Crippen molar-refractivity contribution < 1.29 is 13.3 Å². The molecule has 0 saturated carbocycles. The third-order valence-electron chi connectivity index (χ3n) is 1.54. The van der Waals surface area contributed by atoms with Gasteiger partial charge in [-0.05, 0) is 18.2 Å². The Morgan fingerprint density at radius 1 is 1.15 bits per heavy atom. The first kappa shape index (κ1) is 7.85. The highest BCUT2D eigenvalue weighted by Crippen LogP contribution is 2.17. The lowest BCUT2D eigenvalue weighted by atomic mass is 10.2. The summed E-state index contributed by atoms with van der Waals surface area (Å²) in [6, 6.07) is 3.41. The van der Waals surface area contributed by atoms with Gasteiger partial charge in [-0.3, -0.25) is 0 Å². The Morgan fingerprint density at radius 2 is 2.00 bits per heavy atom. The minimum Gasteiger partial charge on any atom is -0.342 e. The molecule has 0 aliphatic heterocycles. The topological polar surface area (TPSA) is 38.9 Å². The fourth-order valence-electron chi connectivity index (χ4n) is 0.933. The van der Waals surface area contributed by atoms with Crippen LogP contribution in [0, 0.1) is 11.6 Å². The van der Waals surface area contributed by atoms with Gasteiger partial charge in [0.2, 0.25) is 12.2 Å².